The molecule has 0 heterocycles. The Morgan fingerprint density at radius 3 is 2.72 bits per heavy atom. The van der Waals surface area contributed by atoms with Crippen LogP contribution in [0.5, 0.6) is 5.75 Å². The van der Waals surface area contributed by atoms with Crippen molar-refractivity contribution in [3.05, 3.63) is 40.4 Å². The molecule has 94 valence electrons. The Bertz CT molecular complexity index is 596. The van der Waals surface area contributed by atoms with Crippen molar-refractivity contribution in [2.75, 3.05) is 20.7 Å². The largest absolute Gasteiger partial charge is 0.496 e. The van der Waals surface area contributed by atoms with Gasteiger partial charge in [0.05, 0.1) is 19.2 Å². The van der Waals surface area contributed by atoms with E-state index >= 15 is 0 Å². The van der Waals surface area contributed by atoms with Crippen LogP contribution >= 0.6 is 15.9 Å². The van der Waals surface area contributed by atoms with Gasteiger partial charge in [-0.15, -0.1) is 0 Å². The Hall–Kier alpha value is -1.39. The molecular formula is C14H14BrNO2. The van der Waals surface area contributed by atoms with E-state index in [0.717, 1.165) is 15.2 Å². The molecule has 0 aliphatic heterocycles. The quantitative estimate of drug-likeness (QED) is 0.882. The summed E-state index contributed by atoms with van der Waals surface area (Å²) in [6.45, 7) is 0.301. The summed E-state index contributed by atoms with van der Waals surface area (Å²) >= 11 is 3.43. The summed E-state index contributed by atoms with van der Waals surface area (Å²) in [7, 11) is 3.33. The van der Waals surface area contributed by atoms with Crippen LogP contribution in [0.2, 0.25) is 0 Å². The molecule has 4 heteroatoms. The molecule has 0 aromatic heterocycles. The number of ketones is 1. The summed E-state index contributed by atoms with van der Waals surface area (Å²) in [6, 6.07) is 9.72. The standard InChI is InChI=1S/C14H14BrNO2/c1-16-8-13(17)12-6-10-5-11(15)4-3-9(10)7-14(12)18-2/h3-7,16H,8H2,1-2H3. The highest BCUT2D eigenvalue weighted by molar-refractivity contribution is 9.10. The fourth-order valence-electron chi connectivity index (χ4n) is 1.89. The zero-order valence-electron chi connectivity index (χ0n) is 10.3. The van der Waals surface area contributed by atoms with Crippen LogP contribution in [0.15, 0.2) is 34.8 Å². The van der Waals surface area contributed by atoms with Crippen molar-refractivity contribution in [1.82, 2.24) is 5.32 Å². The first-order valence-corrected chi connectivity index (χ1v) is 6.40. The van der Waals surface area contributed by atoms with E-state index in [9.17, 15) is 4.79 Å². The van der Waals surface area contributed by atoms with E-state index in [0.29, 0.717) is 17.9 Å². The normalized spacial score (nSPS) is 10.6. The van der Waals surface area contributed by atoms with E-state index in [1.807, 2.05) is 30.3 Å². The lowest BCUT2D eigenvalue weighted by molar-refractivity contribution is 0.0991. The Labute approximate surface area is 114 Å². The molecule has 0 radical (unpaired) electrons. The van der Waals surface area contributed by atoms with Crippen LogP contribution in [0.3, 0.4) is 0 Å². The van der Waals surface area contributed by atoms with E-state index in [4.69, 9.17) is 4.74 Å². The highest BCUT2D eigenvalue weighted by Crippen LogP contribution is 2.28. The summed E-state index contributed by atoms with van der Waals surface area (Å²) in [5.41, 5.74) is 0.609. The van der Waals surface area contributed by atoms with Crippen LogP contribution in [0, 0.1) is 0 Å². The average Bonchev–Trinajstić information content (AvgIpc) is 2.37. The van der Waals surface area contributed by atoms with Crippen molar-refractivity contribution in [2.24, 2.45) is 0 Å². The van der Waals surface area contributed by atoms with Crippen LogP contribution in [0.25, 0.3) is 10.8 Å². The molecule has 18 heavy (non-hydrogen) atoms. The fraction of sp³-hybridized carbons (Fsp3) is 0.214. The number of carbonyl (C=O) groups is 1. The van der Waals surface area contributed by atoms with E-state index in [-0.39, 0.29) is 5.78 Å². The zero-order valence-corrected chi connectivity index (χ0v) is 11.9. The Balaban J connectivity index is 2.60. The Morgan fingerprint density at radius 2 is 2.06 bits per heavy atom. The maximum Gasteiger partial charge on any atom is 0.180 e. The first-order valence-electron chi connectivity index (χ1n) is 5.61. The number of rotatable bonds is 4. The molecule has 0 fully saturated rings. The zero-order chi connectivity index (χ0) is 13.1. The minimum atomic E-state index is 0.0243. The highest BCUT2D eigenvalue weighted by atomic mass is 79.9. The fourth-order valence-corrected chi connectivity index (χ4v) is 2.27. The van der Waals surface area contributed by atoms with Crippen LogP contribution < -0.4 is 10.1 Å². The van der Waals surface area contributed by atoms with Gasteiger partial charge in [-0.1, -0.05) is 22.0 Å². The third kappa shape index (κ3) is 2.54. The third-order valence-corrected chi connectivity index (χ3v) is 3.25. The summed E-state index contributed by atoms with van der Waals surface area (Å²) in [5, 5.41) is 4.93. The molecule has 0 saturated heterocycles. The molecule has 0 atom stereocenters. The Morgan fingerprint density at radius 1 is 1.28 bits per heavy atom. The van der Waals surface area contributed by atoms with Crippen molar-refractivity contribution in [1.29, 1.82) is 0 Å². The van der Waals surface area contributed by atoms with E-state index in [2.05, 4.69) is 21.2 Å². The molecule has 0 bridgehead atoms. The molecule has 1 N–H and O–H groups in total. The number of ether oxygens (including phenoxy) is 1. The molecule has 0 saturated carbocycles. The molecule has 2 aromatic rings. The van der Waals surface area contributed by atoms with E-state index in [1.54, 1.807) is 14.2 Å². The van der Waals surface area contributed by atoms with E-state index in [1.165, 1.54) is 0 Å². The highest BCUT2D eigenvalue weighted by Gasteiger charge is 2.12. The van der Waals surface area contributed by atoms with Gasteiger partial charge in [0.25, 0.3) is 0 Å². The molecule has 3 nitrogen and oxygen atoms in total. The maximum absolute atomic E-state index is 12.0. The molecule has 0 amide bonds. The van der Waals surface area contributed by atoms with Gasteiger partial charge < -0.3 is 10.1 Å². The second-order valence-corrected chi connectivity index (χ2v) is 4.91. The smallest absolute Gasteiger partial charge is 0.180 e. The molecule has 2 aromatic carbocycles. The number of hydrogen-bond donors (Lipinski definition) is 1. The monoisotopic (exact) mass is 307 g/mol. The predicted octanol–water partition coefficient (Wildman–Crippen LogP) is 3.01. The maximum atomic E-state index is 12.0. The van der Waals surface area contributed by atoms with Crippen molar-refractivity contribution in [3.8, 4) is 5.75 Å². The third-order valence-electron chi connectivity index (χ3n) is 2.76. The van der Waals surface area contributed by atoms with Crippen molar-refractivity contribution in [3.63, 3.8) is 0 Å². The van der Waals surface area contributed by atoms with Gasteiger partial charge >= 0.3 is 0 Å². The molecule has 2 rings (SSSR count). The second-order valence-electron chi connectivity index (χ2n) is 4.00. The van der Waals surface area contributed by atoms with E-state index < -0.39 is 0 Å². The Kier molecular flexibility index (Phi) is 3.99. The number of Topliss-reactive ketones (excluding diaryl/α,β-unsaturated/α-hetero) is 1. The number of benzene rings is 2. The van der Waals surface area contributed by atoms with Crippen molar-refractivity contribution < 1.29 is 9.53 Å². The van der Waals surface area contributed by atoms with Gasteiger partial charge in [0.2, 0.25) is 0 Å². The topological polar surface area (TPSA) is 38.3 Å². The van der Waals surface area contributed by atoms with Crippen LogP contribution in [-0.4, -0.2) is 26.5 Å². The minimum absolute atomic E-state index is 0.0243. The number of carbonyl (C=O) groups excluding carboxylic acids is 1. The summed E-state index contributed by atoms with van der Waals surface area (Å²) in [6.07, 6.45) is 0. The molecule has 0 unspecified atom stereocenters. The van der Waals surface area contributed by atoms with Crippen LogP contribution in [0.4, 0.5) is 0 Å². The first-order chi connectivity index (χ1) is 8.65. The molecular weight excluding hydrogens is 294 g/mol. The first kappa shape index (κ1) is 13.1. The van der Waals surface area contributed by atoms with Crippen LogP contribution in [-0.2, 0) is 0 Å². The summed E-state index contributed by atoms with van der Waals surface area (Å²) in [5.74, 6) is 0.640. The van der Waals surface area contributed by atoms with Gasteiger partial charge in [-0.05, 0) is 42.1 Å². The van der Waals surface area contributed by atoms with Gasteiger partial charge in [-0.2, -0.15) is 0 Å². The van der Waals surface area contributed by atoms with Gasteiger partial charge in [0, 0.05) is 4.47 Å². The number of fused-ring (bicyclic) bond motifs is 1. The average molecular weight is 308 g/mol. The van der Waals surface area contributed by atoms with Gasteiger partial charge in [-0.3, -0.25) is 4.79 Å². The van der Waals surface area contributed by atoms with Crippen molar-refractivity contribution >= 4 is 32.5 Å². The lowest BCUT2D eigenvalue weighted by Crippen LogP contribution is -2.19. The number of methoxy groups -OCH3 is 1. The van der Waals surface area contributed by atoms with Crippen LogP contribution in [0.1, 0.15) is 10.4 Å². The molecule has 0 aliphatic rings. The van der Waals surface area contributed by atoms with Crippen molar-refractivity contribution in [2.45, 2.75) is 0 Å². The van der Waals surface area contributed by atoms with Gasteiger partial charge in [-0.25, -0.2) is 0 Å². The lowest BCUT2D eigenvalue weighted by atomic mass is 10.0. The molecule has 0 aliphatic carbocycles. The number of halogens is 1. The number of likely N-dealkylation sites (N-methyl/N-ethyl adjacent to an activating group) is 1. The van der Waals surface area contributed by atoms with Gasteiger partial charge in [0.15, 0.2) is 5.78 Å². The van der Waals surface area contributed by atoms with Gasteiger partial charge in [0.1, 0.15) is 5.75 Å². The number of nitrogens with one attached hydrogen (secondary N) is 1. The lowest BCUT2D eigenvalue weighted by Gasteiger charge is -2.10. The summed E-state index contributed by atoms with van der Waals surface area (Å²) < 4.78 is 6.28. The summed E-state index contributed by atoms with van der Waals surface area (Å²) in [4.78, 5) is 12.0. The minimum Gasteiger partial charge on any atom is -0.496 e. The SMILES string of the molecule is CNCC(=O)c1cc2cc(Br)ccc2cc1OC. The second kappa shape index (κ2) is 5.50. The molecule has 0 spiro atoms. The number of hydrogen-bond acceptors (Lipinski definition) is 3. The predicted molar refractivity (Wildman–Crippen MR) is 76.5 cm³/mol.